The van der Waals surface area contributed by atoms with Crippen LogP contribution in [0.3, 0.4) is 0 Å². The van der Waals surface area contributed by atoms with Gasteiger partial charge in [-0.25, -0.2) is 0 Å². The molecule has 146 valence electrons. The molecule has 0 aliphatic heterocycles. The van der Waals surface area contributed by atoms with E-state index < -0.39 is 0 Å². The monoisotopic (exact) mass is 474 g/mol. The summed E-state index contributed by atoms with van der Waals surface area (Å²) in [6.45, 7) is 0.741. The molecular weight excluding hydrogens is 430 g/mol. The molecule has 0 aliphatic carbocycles. The second-order valence-corrected chi connectivity index (χ2v) is 14.6. The summed E-state index contributed by atoms with van der Waals surface area (Å²) in [4.78, 5) is 0. The van der Waals surface area contributed by atoms with Crippen molar-refractivity contribution >= 4 is 26.3 Å². The average Bonchev–Trinajstić information content (AvgIpc) is 2.60. The molecular formula is C20H42O2Se2. The van der Waals surface area contributed by atoms with Crippen LogP contribution in [0.15, 0.2) is 0 Å². The van der Waals surface area contributed by atoms with Crippen LogP contribution in [0.1, 0.15) is 103 Å². The number of rotatable bonds is 21. The van der Waals surface area contributed by atoms with Gasteiger partial charge in [0.05, 0.1) is 0 Å². The predicted octanol–water partition coefficient (Wildman–Crippen LogP) is 5.37. The Kier molecular flexibility index (Phi) is 24.9. The zero-order valence-electron chi connectivity index (χ0n) is 15.9. The van der Waals surface area contributed by atoms with E-state index >= 15 is 0 Å². The molecule has 0 fully saturated rings. The van der Waals surface area contributed by atoms with Crippen molar-refractivity contribution in [3.05, 3.63) is 0 Å². The van der Waals surface area contributed by atoms with Crippen LogP contribution < -0.4 is 0 Å². The summed E-state index contributed by atoms with van der Waals surface area (Å²) in [7, 11) is 0. The fourth-order valence-electron chi connectivity index (χ4n) is 2.78. The van der Waals surface area contributed by atoms with Crippen molar-refractivity contribution in [3.63, 3.8) is 0 Å². The molecule has 0 saturated heterocycles. The van der Waals surface area contributed by atoms with Crippen molar-refractivity contribution in [1.82, 2.24) is 0 Å². The van der Waals surface area contributed by atoms with Crippen LogP contribution >= 0.6 is 0 Å². The Morgan fingerprint density at radius 3 is 0.875 bits per heavy atom. The van der Waals surface area contributed by atoms with Gasteiger partial charge in [-0.1, -0.05) is 0 Å². The summed E-state index contributed by atoms with van der Waals surface area (Å²) >= 11 is 1.94. The van der Waals surface area contributed by atoms with E-state index in [0.29, 0.717) is 13.2 Å². The average molecular weight is 472 g/mol. The summed E-state index contributed by atoms with van der Waals surface area (Å²) in [5, 5.41) is 20.5. The second kappa shape index (κ2) is 24.0. The molecule has 0 aromatic rings. The molecule has 2 N–H and O–H groups in total. The van der Waals surface area contributed by atoms with Gasteiger partial charge in [-0.15, -0.1) is 0 Å². The van der Waals surface area contributed by atoms with E-state index in [2.05, 4.69) is 0 Å². The first-order valence-corrected chi connectivity index (χ1v) is 17.1. The van der Waals surface area contributed by atoms with Crippen molar-refractivity contribution in [2.75, 3.05) is 13.2 Å². The summed E-state index contributed by atoms with van der Waals surface area (Å²) in [5.74, 6) is 0. The molecule has 0 spiro atoms. The fraction of sp³-hybridized carbons (Fsp3) is 1.00. The molecule has 0 saturated carbocycles. The molecule has 0 aromatic carbocycles. The Balaban J connectivity index is 2.93. The van der Waals surface area contributed by atoms with Crippen LogP contribution in [-0.2, 0) is 0 Å². The maximum absolute atomic E-state index is 8.71. The van der Waals surface area contributed by atoms with E-state index in [-0.39, 0.29) is 0 Å². The molecule has 24 heavy (non-hydrogen) atoms. The van der Waals surface area contributed by atoms with Crippen LogP contribution in [0.25, 0.3) is 0 Å². The third kappa shape index (κ3) is 23.0. The van der Waals surface area contributed by atoms with Crippen molar-refractivity contribution < 1.29 is 10.2 Å². The van der Waals surface area contributed by atoms with E-state index in [0.717, 1.165) is 39.1 Å². The molecule has 0 unspecified atom stereocenters. The number of aliphatic hydroxyl groups excluding tert-OH is 2. The predicted molar refractivity (Wildman–Crippen MR) is 109 cm³/mol. The molecule has 0 heterocycles. The van der Waals surface area contributed by atoms with Crippen LogP contribution in [0.2, 0.25) is 10.6 Å². The SMILES string of the molecule is OCCCCCCCCCC[Se][Se]CCCCCCCCCCO. The number of aliphatic hydroxyl groups is 2. The molecule has 0 amide bonds. The van der Waals surface area contributed by atoms with Crippen molar-refractivity contribution in [2.45, 2.75) is 113 Å². The minimum atomic E-state index is 0.370. The zero-order chi connectivity index (χ0) is 17.6. The first-order chi connectivity index (χ1) is 11.9. The maximum atomic E-state index is 8.71. The van der Waals surface area contributed by atoms with Gasteiger partial charge in [0.2, 0.25) is 0 Å². The number of hydrogen-bond donors (Lipinski definition) is 2. The van der Waals surface area contributed by atoms with E-state index in [9.17, 15) is 0 Å². The van der Waals surface area contributed by atoms with Crippen LogP contribution in [-0.4, -0.2) is 49.7 Å². The van der Waals surface area contributed by atoms with Gasteiger partial charge in [0.15, 0.2) is 0 Å². The molecule has 0 radical (unpaired) electrons. The summed E-state index contributed by atoms with van der Waals surface area (Å²) in [5.41, 5.74) is 0. The topological polar surface area (TPSA) is 40.5 Å². The minimum absolute atomic E-state index is 0.370. The first kappa shape index (κ1) is 25.0. The van der Waals surface area contributed by atoms with Crippen LogP contribution in [0, 0.1) is 0 Å². The van der Waals surface area contributed by atoms with Crippen LogP contribution in [0.4, 0.5) is 0 Å². The summed E-state index contributed by atoms with van der Waals surface area (Å²) in [6, 6.07) is 0. The number of hydrogen-bond acceptors (Lipinski definition) is 2. The van der Waals surface area contributed by atoms with Gasteiger partial charge in [-0.2, -0.15) is 0 Å². The Labute approximate surface area is 162 Å². The second-order valence-electron chi connectivity index (χ2n) is 6.75. The van der Waals surface area contributed by atoms with Gasteiger partial charge >= 0.3 is 163 Å². The van der Waals surface area contributed by atoms with E-state index in [1.54, 1.807) is 0 Å². The van der Waals surface area contributed by atoms with Crippen molar-refractivity contribution in [1.29, 1.82) is 0 Å². The van der Waals surface area contributed by atoms with Gasteiger partial charge in [0, 0.05) is 0 Å². The van der Waals surface area contributed by atoms with Gasteiger partial charge < -0.3 is 0 Å². The molecule has 2 nitrogen and oxygen atoms in total. The molecule has 0 aliphatic rings. The van der Waals surface area contributed by atoms with Gasteiger partial charge in [0.25, 0.3) is 0 Å². The Bertz CT molecular complexity index is 194. The van der Waals surface area contributed by atoms with Crippen LogP contribution in [0.5, 0.6) is 0 Å². The standard InChI is InChI=1S/C20H42O2Se2/c21-17-13-9-5-1-3-7-11-15-19-23-24-20-16-12-8-4-2-6-10-14-18-22/h21-22H,1-20H2. The summed E-state index contributed by atoms with van der Waals surface area (Å²) in [6.07, 6.45) is 21.3. The fourth-order valence-corrected chi connectivity index (χ4v) is 9.77. The molecule has 0 rings (SSSR count). The van der Waals surface area contributed by atoms with Gasteiger partial charge in [-0.05, 0) is 0 Å². The zero-order valence-corrected chi connectivity index (χ0v) is 19.3. The van der Waals surface area contributed by atoms with E-state index in [4.69, 9.17) is 10.2 Å². The normalized spacial score (nSPS) is 11.2. The van der Waals surface area contributed by atoms with Gasteiger partial charge in [-0.3, -0.25) is 0 Å². The van der Waals surface area contributed by atoms with Crippen molar-refractivity contribution in [2.24, 2.45) is 0 Å². The third-order valence-electron chi connectivity index (χ3n) is 4.35. The molecule has 0 bridgehead atoms. The Hall–Kier alpha value is 0.959. The summed E-state index contributed by atoms with van der Waals surface area (Å²) < 4.78 is 0. The Morgan fingerprint density at radius 1 is 0.333 bits per heavy atom. The quantitative estimate of drug-likeness (QED) is 0.174. The molecule has 0 atom stereocenters. The van der Waals surface area contributed by atoms with E-state index in [1.165, 1.54) is 101 Å². The van der Waals surface area contributed by atoms with Crippen molar-refractivity contribution in [3.8, 4) is 0 Å². The van der Waals surface area contributed by atoms with E-state index in [1.807, 2.05) is 0 Å². The first-order valence-electron chi connectivity index (χ1n) is 10.4. The van der Waals surface area contributed by atoms with Gasteiger partial charge in [0.1, 0.15) is 0 Å². The Morgan fingerprint density at radius 2 is 0.583 bits per heavy atom. The number of unbranched alkanes of at least 4 members (excludes halogenated alkanes) is 14. The molecule has 0 aromatic heterocycles. The third-order valence-corrected chi connectivity index (χ3v) is 12.1. The molecule has 4 heteroatoms.